The standard InChI is InChI=1S/C23H24N2O3S/c1-25(2)29(27,28)21-15-13-18(14-16-21)17-24-23(26)22(19-9-5-3-6-10-19)20-11-7-4-8-12-20/h3-16,22H,17H2,1-2H3,(H,24,26). The van der Waals surface area contributed by atoms with Gasteiger partial charge in [0.15, 0.2) is 0 Å². The van der Waals surface area contributed by atoms with Gasteiger partial charge in [0, 0.05) is 20.6 Å². The third-order valence-corrected chi connectivity index (χ3v) is 6.53. The summed E-state index contributed by atoms with van der Waals surface area (Å²) in [7, 11) is -0.471. The summed E-state index contributed by atoms with van der Waals surface area (Å²) in [4.78, 5) is 13.2. The lowest BCUT2D eigenvalue weighted by molar-refractivity contribution is -0.121. The summed E-state index contributed by atoms with van der Waals surface area (Å²) in [5, 5.41) is 2.98. The van der Waals surface area contributed by atoms with Crippen LogP contribution in [0.2, 0.25) is 0 Å². The Balaban J connectivity index is 1.76. The maximum Gasteiger partial charge on any atom is 0.242 e. The van der Waals surface area contributed by atoms with Crippen LogP contribution < -0.4 is 5.32 Å². The van der Waals surface area contributed by atoms with Crippen LogP contribution in [-0.2, 0) is 21.4 Å². The predicted molar refractivity (Wildman–Crippen MR) is 114 cm³/mol. The average Bonchev–Trinajstić information content (AvgIpc) is 2.74. The highest BCUT2D eigenvalue weighted by Gasteiger charge is 2.22. The molecular weight excluding hydrogens is 384 g/mol. The van der Waals surface area contributed by atoms with Gasteiger partial charge < -0.3 is 5.32 Å². The van der Waals surface area contributed by atoms with E-state index < -0.39 is 15.9 Å². The molecular formula is C23H24N2O3S. The summed E-state index contributed by atoms with van der Waals surface area (Å²) in [6.07, 6.45) is 0. The second kappa shape index (κ2) is 9.03. The molecule has 5 nitrogen and oxygen atoms in total. The number of sulfonamides is 1. The van der Waals surface area contributed by atoms with Crippen LogP contribution in [-0.4, -0.2) is 32.7 Å². The lowest BCUT2D eigenvalue weighted by atomic mass is 9.90. The van der Waals surface area contributed by atoms with Crippen molar-refractivity contribution in [1.82, 2.24) is 9.62 Å². The highest BCUT2D eigenvalue weighted by molar-refractivity contribution is 7.89. The van der Waals surface area contributed by atoms with Crippen molar-refractivity contribution in [3.05, 3.63) is 102 Å². The number of hydrogen-bond acceptors (Lipinski definition) is 3. The number of benzene rings is 3. The second-order valence-corrected chi connectivity index (χ2v) is 9.06. The normalized spacial score (nSPS) is 11.6. The molecule has 3 rings (SSSR count). The van der Waals surface area contributed by atoms with Crippen LogP contribution >= 0.6 is 0 Å². The fourth-order valence-electron chi connectivity index (χ4n) is 3.07. The fourth-order valence-corrected chi connectivity index (χ4v) is 3.97. The smallest absolute Gasteiger partial charge is 0.242 e. The minimum absolute atomic E-state index is 0.104. The van der Waals surface area contributed by atoms with Gasteiger partial charge in [0.1, 0.15) is 0 Å². The van der Waals surface area contributed by atoms with Crippen molar-refractivity contribution < 1.29 is 13.2 Å². The zero-order chi connectivity index (χ0) is 20.9. The minimum Gasteiger partial charge on any atom is -0.351 e. The van der Waals surface area contributed by atoms with Gasteiger partial charge in [-0.25, -0.2) is 12.7 Å². The molecule has 0 aliphatic heterocycles. The Labute approximate surface area is 172 Å². The summed E-state index contributed by atoms with van der Waals surface area (Å²) in [5.41, 5.74) is 2.67. The number of amides is 1. The molecule has 29 heavy (non-hydrogen) atoms. The maximum atomic E-state index is 13.0. The van der Waals surface area contributed by atoms with Crippen molar-refractivity contribution in [3.63, 3.8) is 0 Å². The Morgan fingerprint density at radius 2 is 1.31 bits per heavy atom. The highest BCUT2D eigenvalue weighted by Crippen LogP contribution is 2.25. The zero-order valence-electron chi connectivity index (χ0n) is 16.4. The van der Waals surface area contributed by atoms with E-state index in [9.17, 15) is 13.2 Å². The summed E-state index contributed by atoms with van der Waals surface area (Å²) in [6, 6.07) is 25.8. The molecule has 3 aromatic carbocycles. The first-order chi connectivity index (χ1) is 13.9. The van der Waals surface area contributed by atoms with Crippen molar-refractivity contribution in [2.24, 2.45) is 0 Å². The number of nitrogens with one attached hydrogen (secondary N) is 1. The largest absolute Gasteiger partial charge is 0.351 e. The van der Waals surface area contributed by atoms with Gasteiger partial charge >= 0.3 is 0 Å². The van der Waals surface area contributed by atoms with Crippen molar-refractivity contribution in [3.8, 4) is 0 Å². The average molecular weight is 409 g/mol. The third-order valence-electron chi connectivity index (χ3n) is 4.70. The number of hydrogen-bond donors (Lipinski definition) is 1. The quantitative estimate of drug-likeness (QED) is 0.652. The number of nitrogens with zero attached hydrogens (tertiary/aromatic N) is 1. The van der Waals surface area contributed by atoms with E-state index in [0.717, 1.165) is 16.7 Å². The van der Waals surface area contributed by atoms with E-state index in [2.05, 4.69) is 5.32 Å². The SMILES string of the molecule is CN(C)S(=O)(=O)c1ccc(CNC(=O)C(c2ccccc2)c2ccccc2)cc1. The van der Waals surface area contributed by atoms with E-state index in [1.54, 1.807) is 24.3 Å². The van der Waals surface area contributed by atoms with Crippen molar-refractivity contribution in [2.45, 2.75) is 17.4 Å². The van der Waals surface area contributed by atoms with E-state index in [1.807, 2.05) is 60.7 Å². The van der Waals surface area contributed by atoms with Crippen LogP contribution in [0.3, 0.4) is 0 Å². The van der Waals surface area contributed by atoms with Gasteiger partial charge in [-0.2, -0.15) is 0 Å². The molecule has 150 valence electrons. The molecule has 0 aliphatic carbocycles. The Bertz CT molecular complexity index is 1010. The molecule has 1 N–H and O–H groups in total. The Kier molecular flexibility index (Phi) is 6.46. The minimum atomic E-state index is -3.46. The topological polar surface area (TPSA) is 66.5 Å². The summed E-state index contributed by atoms with van der Waals surface area (Å²) < 4.78 is 25.5. The van der Waals surface area contributed by atoms with E-state index >= 15 is 0 Å². The molecule has 0 heterocycles. The highest BCUT2D eigenvalue weighted by atomic mass is 32.2. The van der Waals surface area contributed by atoms with Crippen LogP contribution in [0.1, 0.15) is 22.6 Å². The van der Waals surface area contributed by atoms with Crippen molar-refractivity contribution in [2.75, 3.05) is 14.1 Å². The zero-order valence-corrected chi connectivity index (χ0v) is 17.3. The molecule has 0 atom stereocenters. The van der Waals surface area contributed by atoms with Gasteiger partial charge in [0.05, 0.1) is 10.8 Å². The van der Waals surface area contributed by atoms with Gasteiger partial charge in [-0.1, -0.05) is 72.8 Å². The molecule has 0 saturated carbocycles. The number of carbonyl (C=O) groups is 1. The summed E-state index contributed by atoms with van der Waals surface area (Å²) in [6.45, 7) is 0.317. The van der Waals surface area contributed by atoms with Crippen LogP contribution in [0.5, 0.6) is 0 Å². The van der Waals surface area contributed by atoms with Gasteiger partial charge in [-0.3, -0.25) is 4.79 Å². The molecule has 0 fully saturated rings. The summed E-state index contributed by atoms with van der Waals surface area (Å²) >= 11 is 0. The van der Waals surface area contributed by atoms with Crippen LogP contribution in [0.4, 0.5) is 0 Å². The number of carbonyl (C=O) groups excluding carboxylic acids is 1. The van der Waals surface area contributed by atoms with E-state index in [0.29, 0.717) is 6.54 Å². The summed E-state index contributed by atoms with van der Waals surface area (Å²) in [5.74, 6) is -0.516. The first-order valence-corrected chi connectivity index (χ1v) is 10.7. The van der Waals surface area contributed by atoms with Crippen molar-refractivity contribution >= 4 is 15.9 Å². The van der Waals surface area contributed by atoms with E-state index in [4.69, 9.17) is 0 Å². The first-order valence-electron chi connectivity index (χ1n) is 9.28. The molecule has 3 aromatic rings. The Morgan fingerprint density at radius 1 is 0.828 bits per heavy atom. The molecule has 0 aliphatic rings. The lowest BCUT2D eigenvalue weighted by Crippen LogP contribution is -2.29. The van der Waals surface area contributed by atoms with Crippen LogP contribution in [0.15, 0.2) is 89.8 Å². The van der Waals surface area contributed by atoms with Gasteiger partial charge in [0.2, 0.25) is 15.9 Å². The molecule has 0 radical (unpaired) electrons. The van der Waals surface area contributed by atoms with Gasteiger partial charge in [-0.05, 0) is 28.8 Å². The van der Waals surface area contributed by atoms with Crippen LogP contribution in [0, 0.1) is 0 Å². The molecule has 0 saturated heterocycles. The van der Waals surface area contributed by atoms with Crippen LogP contribution in [0.25, 0.3) is 0 Å². The first kappa shape index (κ1) is 20.8. The lowest BCUT2D eigenvalue weighted by Gasteiger charge is -2.18. The Morgan fingerprint density at radius 3 is 1.76 bits per heavy atom. The molecule has 0 aromatic heterocycles. The van der Waals surface area contributed by atoms with Crippen molar-refractivity contribution in [1.29, 1.82) is 0 Å². The Hall–Kier alpha value is -2.96. The van der Waals surface area contributed by atoms with E-state index in [-0.39, 0.29) is 10.8 Å². The molecule has 0 unspecified atom stereocenters. The third kappa shape index (κ3) is 4.91. The van der Waals surface area contributed by atoms with E-state index in [1.165, 1.54) is 18.4 Å². The van der Waals surface area contributed by atoms with Gasteiger partial charge in [-0.15, -0.1) is 0 Å². The number of rotatable bonds is 7. The molecule has 0 bridgehead atoms. The molecule has 1 amide bonds. The maximum absolute atomic E-state index is 13.0. The molecule has 6 heteroatoms. The molecule has 0 spiro atoms. The second-order valence-electron chi connectivity index (χ2n) is 6.90. The fraction of sp³-hybridized carbons (Fsp3) is 0.174. The van der Waals surface area contributed by atoms with Gasteiger partial charge in [0.25, 0.3) is 0 Å². The predicted octanol–water partition coefficient (Wildman–Crippen LogP) is 3.39. The monoisotopic (exact) mass is 408 g/mol.